The molecule has 194 valence electrons. The van der Waals surface area contributed by atoms with Crippen LogP contribution in [0.4, 0.5) is 13.2 Å². The second kappa shape index (κ2) is 10.4. The second-order valence-corrected chi connectivity index (χ2v) is 8.81. The van der Waals surface area contributed by atoms with Crippen molar-refractivity contribution in [1.82, 2.24) is 18.7 Å². The van der Waals surface area contributed by atoms with Crippen molar-refractivity contribution < 1.29 is 27.4 Å². The van der Waals surface area contributed by atoms with Gasteiger partial charge in [-0.05, 0) is 29.8 Å². The molecule has 0 atom stereocenters. The summed E-state index contributed by atoms with van der Waals surface area (Å²) in [4.78, 5) is 42.5. The third-order valence-corrected chi connectivity index (χ3v) is 6.06. The van der Waals surface area contributed by atoms with Crippen molar-refractivity contribution in [2.75, 3.05) is 5.33 Å². The van der Waals surface area contributed by atoms with Crippen LogP contribution in [0.15, 0.2) is 58.1 Å². The van der Waals surface area contributed by atoms with Gasteiger partial charge in [0.1, 0.15) is 11.5 Å². The summed E-state index contributed by atoms with van der Waals surface area (Å²) in [5, 5.41) is 0.422. The maximum Gasteiger partial charge on any atom is 0.573 e. The van der Waals surface area contributed by atoms with Crippen LogP contribution in [0.3, 0.4) is 0 Å². The number of Topliss-reactive ketones (excluding diaryl/α,β-unsaturated/α-hetero) is 1. The number of rotatable bonds is 8. The number of hydrogen-bond acceptors (Lipinski definition) is 6. The number of aryl methyl sites for hydroxylation is 1. The third-order valence-electron chi connectivity index (χ3n) is 5.18. The summed E-state index contributed by atoms with van der Waals surface area (Å²) in [5.41, 5.74) is -0.951. The molecule has 0 radical (unpaired) electrons. The van der Waals surface area contributed by atoms with Crippen LogP contribution in [-0.4, -0.2) is 36.2 Å². The quantitative estimate of drug-likeness (QED) is 0.280. The van der Waals surface area contributed by atoms with Gasteiger partial charge in [-0.3, -0.25) is 23.3 Å². The Bertz CT molecular complexity index is 1600. The molecule has 0 saturated carbocycles. The van der Waals surface area contributed by atoms with Gasteiger partial charge in [-0.25, -0.2) is 4.79 Å². The van der Waals surface area contributed by atoms with E-state index in [-0.39, 0.29) is 34.8 Å². The average molecular weight is 602 g/mol. The first kappa shape index (κ1) is 26.5. The summed E-state index contributed by atoms with van der Waals surface area (Å²) >= 11 is 8.99. The number of benzene rings is 2. The number of ether oxygens (including phenoxy) is 2. The lowest BCUT2D eigenvalue weighted by molar-refractivity contribution is -0.274. The summed E-state index contributed by atoms with van der Waals surface area (Å²) < 4.78 is 51.0. The third kappa shape index (κ3) is 5.88. The fraction of sp³-hybridized carbons (Fsp3) is 0.217. The Morgan fingerprint density at radius 1 is 1.08 bits per heavy atom. The molecule has 0 aliphatic heterocycles. The Morgan fingerprint density at radius 3 is 2.41 bits per heavy atom. The van der Waals surface area contributed by atoms with E-state index >= 15 is 0 Å². The van der Waals surface area contributed by atoms with Gasteiger partial charge in [0.2, 0.25) is 0 Å². The number of carbonyl (C=O) groups excluding carboxylic acids is 1. The summed E-state index contributed by atoms with van der Waals surface area (Å²) in [7, 11) is 1.38. The molecule has 0 fully saturated rings. The number of fused-ring (bicyclic) bond motifs is 1. The Labute approximate surface area is 219 Å². The van der Waals surface area contributed by atoms with Crippen molar-refractivity contribution in [3.8, 4) is 17.5 Å². The minimum Gasteiger partial charge on any atom is -0.425 e. The first-order valence-corrected chi connectivity index (χ1v) is 12.0. The molecule has 0 N–H and O–H groups in total. The van der Waals surface area contributed by atoms with E-state index in [1.54, 1.807) is 24.3 Å². The predicted molar refractivity (Wildman–Crippen MR) is 132 cm³/mol. The highest BCUT2D eigenvalue weighted by atomic mass is 79.9. The smallest absolute Gasteiger partial charge is 0.425 e. The average Bonchev–Trinajstić information content (AvgIpc) is 3.18. The number of nitrogens with zero attached hydrogens (tertiary/aromatic N) is 4. The van der Waals surface area contributed by atoms with E-state index in [2.05, 4.69) is 25.7 Å². The van der Waals surface area contributed by atoms with Crippen molar-refractivity contribution >= 4 is 44.5 Å². The van der Waals surface area contributed by atoms with Crippen molar-refractivity contribution in [3.63, 3.8) is 0 Å². The largest absolute Gasteiger partial charge is 0.573 e. The summed E-state index contributed by atoms with van der Waals surface area (Å²) in [5.74, 6) is -0.983. The molecule has 0 bridgehead atoms. The molecular weight excluding hydrogens is 585 g/mol. The SMILES string of the molecule is Cn1c(=O)n(CC(=O)CBr)c(=O)c2c1nc(Oc1cccc(OC(F)(F)F)c1)n2Cc1ccc(Cl)cc1. The fourth-order valence-corrected chi connectivity index (χ4v) is 3.85. The van der Waals surface area contributed by atoms with Crippen molar-refractivity contribution in [2.45, 2.75) is 19.5 Å². The van der Waals surface area contributed by atoms with Gasteiger partial charge in [-0.1, -0.05) is 45.7 Å². The van der Waals surface area contributed by atoms with Gasteiger partial charge in [-0.15, -0.1) is 13.2 Å². The van der Waals surface area contributed by atoms with Gasteiger partial charge >= 0.3 is 18.1 Å². The number of alkyl halides is 4. The second-order valence-electron chi connectivity index (χ2n) is 7.81. The Balaban J connectivity index is 1.89. The zero-order chi connectivity index (χ0) is 26.9. The molecule has 0 aliphatic carbocycles. The van der Waals surface area contributed by atoms with Crippen LogP contribution in [0.2, 0.25) is 5.02 Å². The maximum absolute atomic E-state index is 13.4. The van der Waals surface area contributed by atoms with E-state index in [9.17, 15) is 27.6 Å². The van der Waals surface area contributed by atoms with Gasteiger partial charge in [0, 0.05) is 18.1 Å². The summed E-state index contributed by atoms with van der Waals surface area (Å²) in [6.45, 7) is -0.437. The van der Waals surface area contributed by atoms with Crippen LogP contribution in [0.25, 0.3) is 11.2 Å². The maximum atomic E-state index is 13.4. The molecule has 4 rings (SSSR count). The van der Waals surface area contributed by atoms with Gasteiger partial charge in [0.15, 0.2) is 16.9 Å². The molecule has 0 spiro atoms. The number of hydrogen-bond donors (Lipinski definition) is 0. The molecule has 0 unspecified atom stereocenters. The van der Waals surface area contributed by atoms with Crippen LogP contribution < -0.4 is 20.7 Å². The zero-order valence-corrected chi connectivity index (χ0v) is 21.3. The molecular formula is C23H17BrClF3N4O5. The van der Waals surface area contributed by atoms with E-state index in [1.165, 1.54) is 23.7 Å². The van der Waals surface area contributed by atoms with E-state index in [1.807, 2.05) is 0 Å². The number of halogens is 5. The van der Waals surface area contributed by atoms with Gasteiger partial charge in [-0.2, -0.15) is 4.98 Å². The number of aromatic nitrogens is 4. The standard InChI is InChI=1S/C23H17BrClF3N4O5/c1-30-19-18(20(34)32(22(30)35)12-15(33)10-24)31(11-13-5-7-14(25)8-6-13)21(29-19)36-16-3-2-4-17(9-16)37-23(26,27)28/h2-9H,10-12H2,1H3. The van der Waals surface area contributed by atoms with E-state index < -0.39 is 35.7 Å². The molecule has 2 heterocycles. The normalized spacial score (nSPS) is 11.6. The molecule has 0 saturated heterocycles. The number of imidazole rings is 1. The number of ketones is 1. The van der Waals surface area contributed by atoms with E-state index in [0.717, 1.165) is 21.3 Å². The zero-order valence-electron chi connectivity index (χ0n) is 19.0. The van der Waals surface area contributed by atoms with E-state index in [0.29, 0.717) is 10.6 Å². The lowest BCUT2D eigenvalue weighted by atomic mass is 10.2. The van der Waals surface area contributed by atoms with Crippen LogP contribution >= 0.6 is 27.5 Å². The minimum atomic E-state index is -4.91. The lowest BCUT2D eigenvalue weighted by Crippen LogP contribution is -2.41. The molecule has 2 aromatic heterocycles. The molecule has 0 aliphatic rings. The van der Waals surface area contributed by atoms with Crippen molar-refractivity contribution in [2.24, 2.45) is 7.05 Å². The molecule has 2 aromatic carbocycles. The van der Waals surface area contributed by atoms with Gasteiger partial charge in [0.05, 0.1) is 18.4 Å². The highest BCUT2D eigenvalue weighted by Gasteiger charge is 2.31. The monoisotopic (exact) mass is 600 g/mol. The van der Waals surface area contributed by atoms with Gasteiger partial charge in [0.25, 0.3) is 5.56 Å². The summed E-state index contributed by atoms with van der Waals surface area (Å²) in [6, 6.07) is 11.3. The molecule has 14 heteroatoms. The highest BCUT2D eigenvalue weighted by molar-refractivity contribution is 9.09. The molecule has 0 amide bonds. The molecule has 37 heavy (non-hydrogen) atoms. The van der Waals surface area contributed by atoms with Crippen LogP contribution in [0, 0.1) is 0 Å². The Morgan fingerprint density at radius 2 is 1.76 bits per heavy atom. The molecule has 4 aromatic rings. The first-order chi connectivity index (χ1) is 17.5. The van der Waals surface area contributed by atoms with Crippen LogP contribution in [0.5, 0.6) is 17.5 Å². The Hall–Kier alpha value is -3.58. The first-order valence-electron chi connectivity index (χ1n) is 10.5. The van der Waals surface area contributed by atoms with Gasteiger partial charge < -0.3 is 9.47 Å². The number of carbonyl (C=O) groups is 1. The van der Waals surface area contributed by atoms with Crippen molar-refractivity contribution in [1.29, 1.82) is 0 Å². The Kier molecular flexibility index (Phi) is 7.46. The minimum absolute atomic E-state index is 0.0293. The lowest BCUT2D eigenvalue weighted by Gasteiger charge is -2.12. The molecule has 9 nitrogen and oxygen atoms in total. The van der Waals surface area contributed by atoms with Crippen LogP contribution in [0.1, 0.15) is 5.56 Å². The van der Waals surface area contributed by atoms with Crippen molar-refractivity contribution in [3.05, 3.63) is 80.0 Å². The predicted octanol–water partition coefficient (Wildman–Crippen LogP) is 4.25. The fourth-order valence-electron chi connectivity index (χ4n) is 3.55. The highest BCUT2D eigenvalue weighted by Crippen LogP contribution is 2.30. The van der Waals surface area contributed by atoms with Crippen LogP contribution in [-0.2, 0) is 24.9 Å². The van der Waals surface area contributed by atoms with E-state index in [4.69, 9.17) is 16.3 Å². The summed E-state index contributed by atoms with van der Waals surface area (Å²) in [6.07, 6.45) is -4.91. The topological polar surface area (TPSA) is 97.4 Å².